The zero-order chi connectivity index (χ0) is 32.3. The quantitative estimate of drug-likeness (QED) is 0.175. The molecule has 2 aromatic heterocycles. The molecule has 0 bridgehead atoms. The summed E-state index contributed by atoms with van der Waals surface area (Å²) in [5, 5.41) is 7.20. The van der Waals surface area contributed by atoms with E-state index in [1.54, 1.807) is 0 Å². The highest BCUT2D eigenvalue weighted by molar-refractivity contribution is 7.25. The number of hydrogen-bond donors (Lipinski definition) is 0. The van der Waals surface area contributed by atoms with Crippen LogP contribution in [0.15, 0.2) is 174 Å². The molecule has 8 aromatic carbocycles. The third-order valence-electron chi connectivity index (χ3n) is 9.49. The molecule has 0 fully saturated rings. The third kappa shape index (κ3) is 4.53. The molecule has 0 saturated carbocycles. The Hall–Kier alpha value is -6.23. The summed E-state index contributed by atoms with van der Waals surface area (Å²) in [5.74, 6) is 0.597. The standard InChI is InChI=1S/C45H28N2OS/c1-2-12-32(13-3-1)47(33-26-23-30(24-27-33)35-17-10-20-41-43(35)37-16-7-9-19-40(37)49-41)39-18-8-6-15-36(39)45-46-38-28-25-31-22-21-29-11-4-5-14-34(29)42(31)44(38)48-45/h1-28H. The highest BCUT2D eigenvalue weighted by Gasteiger charge is 2.21. The van der Waals surface area contributed by atoms with Crippen molar-refractivity contribution in [3.63, 3.8) is 0 Å². The molecule has 3 nitrogen and oxygen atoms in total. The molecule has 10 aromatic rings. The Labute approximate surface area is 286 Å². The summed E-state index contributed by atoms with van der Waals surface area (Å²) < 4.78 is 9.37. The molecule has 0 saturated heterocycles. The van der Waals surface area contributed by atoms with Gasteiger partial charge in [0.05, 0.1) is 11.3 Å². The fourth-order valence-electron chi connectivity index (χ4n) is 7.25. The van der Waals surface area contributed by atoms with E-state index in [1.165, 1.54) is 42.1 Å². The van der Waals surface area contributed by atoms with Crippen LogP contribution in [0.5, 0.6) is 0 Å². The van der Waals surface area contributed by atoms with Crippen LogP contribution < -0.4 is 4.90 Å². The molecule has 0 aliphatic heterocycles. The molecular formula is C45H28N2OS. The van der Waals surface area contributed by atoms with Gasteiger partial charge in [-0.3, -0.25) is 0 Å². The number of anilines is 3. The van der Waals surface area contributed by atoms with Crippen molar-refractivity contribution in [1.82, 2.24) is 4.98 Å². The predicted octanol–water partition coefficient (Wildman–Crippen LogP) is 13.3. The van der Waals surface area contributed by atoms with Crippen molar-refractivity contribution in [3.8, 4) is 22.6 Å². The zero-order valence-corrected chi connectivity index (χ0v) is 27.2. The van der Waals surface area contributed by atoms with Crippen LogP contribution in [-0.4, -0.2) is 4.98 Å². The number of oxazole rings is 1. The molecule has 0 amide bonds. The lowest BCUT2D eigenvalue weighted by Crippen LogP contribution is -2.11. The van der Waals surface area contributed by atoms with Crippen LogP contribution in [0.3, 0.4) is 0 Å². The second kappa shape index (κ2) is 11.2. The molecule has 0 spiro atoms. The van der Waals surface area contributed by atoms with Crippen LogP contribution in [0.2, 0.25) is 0 Å². The largest absolute Gasteiger partial charge is 0.435 e. The Kier molecular flexibility index (Phi) is 6.36. The summed E-state index contributed by atoms with van der Waals surface area (Å²) in [4.78, 5) is 7.37. The van der Waals surface area contributed by atoms with Crippen molar-refractivity contribution in [1.29, 1.82) is 0 Å². The maximum absolute atomic E-state index is 6.75. The smallest absolute Gasteiger partial charge is 0.229 e. The molecule has 0 N–H and O–H groups in total. The lowest BCUT2D eigenvalue weighted by Gasteiger charge is -2.27. The van der Waals surface area contributed by atoms with Crippen LogP contribution in [0.4, 0.5) is 17.1 Å². The molecule has 49 heavy (non-hydrogen) atoms. The van der Waals surface area contributed by atoms with E-state index in [-0.39, 0.29) is 0 Å². The Bertz CT molecular complexity index is 2830. The number of fused-ring (bicyclic) bond motifs is 8. The number of benzene rings is 8. The van der Waals surface area contributed by atoms with E-state index >= 15 is 0 Å². The Morgan fingerprint density at radius 3 is 2.04 bits per heavy atom. The number of aromatic nitrogens is 1. The first-order valence-electron chi connectivity index (χ1n) is 16.5. The van der Waals surface area contributed by atoms with Crippen molar-refractivity contribution >= 4 is 81.2 Å². The van der Waals surface area contributed by atoms with E-state index in [1.807, 2.05) is 11.3 Å². The number of nitrogens with zero attached hydrogens (tertiary/aromatic N) is 2. The van der Waals surface area contributed by atoms with Gasteiger partial charge < -0.3 is 9.32 Å². The molecular weight excluding hydrogens is 617 g/mol. The van der Waals surface area contributed by atoms with Crippen LogP contribution in [0.25, 0.3) is 75.4 Å². The van der Waals surface area contributed by atoms with Crippen LogP contribution in [0.1, 0.15) is 0 Å². The second-order valence-corrected chi connectivity index (χ2v) is 13.4. The topological polar surface area (TPSA) is 29.3 Å². The maximum atomic E-state index is 6.75. The van der Waals surface area contributed by atoms with Crippen molar-refractivity contribution in [3.05, 3.63) is 170 Å². The van der Waals surface area contributed by atoms with Crippen molar-refractivity contribution in [2.75, 3.05) is 4.90 Å². The summed E-state index contributed by atoms with van der Waals surface area (Å²) in [5.41, 5.74) is 8.13. The minimum atomic E-state index is 0.597. The van der Waals surface area contributed by atoms with Gasteiger partial charge in [0.15, 0.2) is 5.58 Å². The van der Waals surface area contributed by atoms with Crippen LogP contribution >= 0.6 is 11.3 Å². The molecule has 0 atom stereocenters. The molecule has 2 heterocycles. The predicted molar refractivity (Wildman–Crippen MR) is 207 cm³/mol. The molecule has 0 aliphatic rings. The Balaban J connectivity index is 1.13. The highest BCUT2D eigenvalue weighted by Crippen LogP contribution is 2.44. The summed E-state index contributed by atoms with van der Waals surface area (Å²) in [7, 11) is 0. The number of thiophene rings is 1. The monoisotopic (exact) mass is 644 g/mol. The van der Waals surface area contributed by atoms with Crippen LogP contribution in [-0.2, 0) is 0 Å². The van der Waals surface area contributed by atoms with Gasteiger partial charge in [-0.25, -0.2) is 4.98 Å². The average Bonchev–Trinajstić information content (AvgIpc) is 3.78. The zero-order valence-electron chi connectivity index (χ0n) is 26.4. The fourth-order valence-corrected chi connectivity index (χ4v) is 8.38. The molecule has 0 aliphatic carbocycles. The van der Waals surface area contributed by atoms with Crippen molar-refractivity contribution in [2.24, 2.45) is 0 Å². The summed E-state index contributed by atoms with van der Waals surface area (Å²) in [6, 6.07) is 60.1. The first-order chi connectivity index (χ1) is 24.3. The molecule has 10 rings (SSSR count). The molecule has 4 heteroatoms. The van der Waals surface area contributed by atoms with E-state index in [9.17, 15) is 0 Å². The van der Waals surface area contributed by atoms with Crippen molar-refractivity contribution in [2.45, 2.75) is 0 Å². The van der Waals surface area contributed by atoms with Gasteiger partial charge in [-0.2, -0.15) is 0 Å². The van der Waals surface area contributed by atoms with Gasteiger partial charge in [0.1, 0.15) is 5.52 Å². The van der Waals surface area contributed by atoms with E-state index < -0.39 is 0 Å². The van der Waals surface area contributed by atoms with Crippen molar-refractivity contribution < 1.29 is 4.42 Å². The minimum Gasteiger partial charge on any atom is -0.435 e. The maximum Gasteiger partial charge on any atom is 0.229 e. The van der Waals surface area contributed by atoms with E-state index in [0.29, 0.717) is 5.89 Å². The minimum absolute atomic E-state index is 0.597. The highest BCUT2D eigenvalue weighted by atomic mass is 32.1. The van der Waals surface area contributed by atoms with Gasteiger partial charge >= 0.3 is 0 Å². The van der Waals surface area contributed by atoms with E-state index in [0.717, 1.165) is 44.5 Å². The molecule has 0 radical (unpaired) electrons. The summed E-state index contributed by atoms with van der Waals surface area (Å²) in [6.07, 6.45) is 0. The lowest BCUT2D eigenvalue weighted by atomic mass is 9.99. The van der Waals surface area contributed by atoms with Gasteiger partial charge in [0.25, 0.3) is 0 Å². The Morgan fingerprint density at radius 2 is 1.14 bits per heavy atom. The SMILES string of the molecule is c1ccc(N(c2ccc(-c3cccc4sc5ccccc5c34)cc2)c2ccccc2-c2nc3ccc4ccc5ccccc5c4c3o2)cc1. The van der Waals surface area contributed by atoms with Gasteiger partial charge in [0.2, 0.25) is 5.89 Å². The molecule has 0 unspecified atom stereocenters. The first-order valence-corrected chi connectivity index (χ1v) is 17.3. The third-order valence-corrected chi connectivity index (χ3v) is 10.6. The first kappa shape index (κ1) is 27.8. The van der Waals surface area contributed by atoms with Gasteiger partial charge in [-0.05, 0) is 81.9 Å². The summed E-state index contributed by atoms with van der Waals surface area (Å²) >= 11 is 1.85. The number of rotatable bonds is 5. The van der Waals surface area contributed by atoms with E-state index in [4.69, 9.17) is 9.40 Å². The normalized spacial score (nSPS) is 11.7. The fraction of sp³-hybridized carbons (Fsp3) is 0. The molecule has 230 valence electrons. The van der Waals surface area contributed by atoms with Gasteiger partial charge in [0, 0.05) is 36.9 Å². The van der Waals surface area contributed by atoms with Gasteiger partial charge in [-0.15, -0.1) is 11.3 Å². The average molecular weight is 645 g/mol. The van der Waals surface area contributed by atoms with Gasteiger partial charge in [-0.1, -0.05) is 115 Å². The number of para-hydroxylation sites is 2. The lowest BCUT2D eigenvalue weighted by molar-refractivity contribution is 0.623. The van der Waals surface area contributed by atoms with Crippen LogP contribution in [0, 0.1) is 0 Å². The van der Waals surface area contributed by atoms with E-state index in [2.05, 4.69) is 175 Å². The summed E-state index contributed by atoms with van der Waals surface area (Å²) in [6.45, 7) is 0. The second-order valence-electron chi connectivity index (χ2n) is 12.3. The Morgan fingerprint density at radius 1 is 0.469 bits per heavy atom. The number of hydrogen-bond acceptors (Lipinski definition) is 4.